The van der Waals surface area contributed by atoms with Crippen LogP contribution in [0.15, 0.2) is 24.3 Å². The maximum atomic E-state index is 12.1. The van der Waals surface area contributed by atoms with Gasteiger partial charge in [0.05, 0.1) is 6.61 Å². The minimum absolute atomic E-state index is 0.0855. The number of carbonyl (C=O) groups is 2. The van der Waals surface area contributed by atoms with Gasteiger partial charge in [0.25, 0.3) is 0 Å². The van der Waals surface area contributed by atoms with Crippen molar-refractivity contribution in [3.8, 4) is 5.75 Å². The van der Waals surface area contributed by atoms with Crippen molar-refractivity contribution in [3.05, 3.63) is 29.8 Å². The Labute approximate surface area is 143 Å². The summed E-state index contributed by atoms with van der Waals surface area (Å²) in [6.45, 7) is 6.76. The average molecular weight is 333 g/mol. The summed E-state index contributed by atoms with van der Waals surface area (Å²) in [5.41, 5.74) is 0.942. The Morgan fingerprint density at radius 1 is 1.38 bits per heavy atom. The Hall–Kier alpha value is -2.24. The van der Waals surface area contributed by atoms with E-state index in [2.05, 4.69) is 24.5 Å². The third-order valence-corrected chi connectivity index (χ3v) is 3.90. The molecule has 0 aliphatic carbocycles. The molecule has 132 valence electrons. The molecule has 0 atom stereocenters. The summed E-state index contributed by atoms with van der Waals surface area (Å²) in [7, 11) is 0. The smallest absolute Gasteiger partial charge is 0.317 e. The van der Waals surface area contributed by atoms with Crippen molar-refractivity contribution in [2.24, 2.45) is 5.92 Å². The quantitative estimate of drug-likeness (QED) is 0.766. The summed E-state index contributed by atoms with van der Waals surface area (Å²) < 4.78 is 5.82. The highest BCUT2D eigenvalue weighted by atomic mass is 16.5. The van der Waals surface area contributed by atoms with Crippen LogP contribution in [0.3, 0.4) is 0 Å². The molecule has 0 radical (unpaired) electrons. The second kappa shape index (κ2) is 9.15. The number of amides is 3. The Morgan fingerprint density at radius 2 is 2.17 bits per heavy atom. The van der Waals surface area contributed by atoms with Crippen LogP contribution < -0.4 is 15.4 Å². The lowest BCUT2D eigenvalue weighted by atomic mass is 10.1. The van der Waals surface area contributed by atoms with Crippen LogP contribution >= 0.6 is 0 Å². The van der Waals surface area contributed by atoms with Gasteiger partial charge in [-0.25, -0.2) is 4.79 Å². The molecule has 3 amide bonds. The number of ether oxygens (including phenoxy) is 1. The molecule has 0 unspecified atom stereocenters. The number of hydrogen-bond acceptors (Lipinski definition) is 3. The molecule has 1 saturated heterocycles. The van der Waals surface area contributed by atoms with E-state index in [9.17, 15) is 9.59 Å². The van der Waals surface area contributed by atoms with Crippen molar-refractivity contribution < 1.29 is 14.3 Å². The predicted molar refractivity (Wildman–Crippen MR) is 92.8 cm³/mol. The second-order valence-corrected chi connectivity index (χ2v) is 6.42. The molecule has 1 aromatic carbocycles. The van der Waals surface area contributed by atoms with Gasteiger partial charge >= 0.3 is 6.03 Å². The number of benzene rings is 1. The van der Waals surface area contributed by atoms with Gasteiger partial charge in [-0.3, -0.25) is 4.79 Å². The number of para-hydroxylation sites is 1. The summed E-state index contributed by atoms with van der Waals surface area (Å²) >= 11 is 0. The van der Waals surface area contributed by atoms with Gasteiger partial charge in [-0.1, -0.05) is 32.0 Å². The van der Waals surface area contributed by atoms with Crippen molar-refractivity contribution in [2.45, 2.75) is 33.2 Å². The molecule has 0 saturated carbocycles. The van der Waals surface area contributed by atoms with E-state index in [-0.39, 0.29) is 18.5 Å². The molecule has 0 bridgehead atoms. The molecule has 1 aliphatic rings. The lowest BCUT2D eigenvalue weighted by molar-refractivity contribution is -0.121. The van der Waals surface area contributed by atoms with Crippen LogP contribution in [0.5, 0.6) is 5.75 Å². The van der Waals surface area contributed by atoms with E-state index in [0.717, 1.165) is 24.2 Å². The highest BCUT2D eigenvalue weighted by Gasteiger charge is 2.19. The van der Waals surface area contributed by atoms with Crippen LogP contribution in [0.4, 0.5) is 4.79 Å². The molecule has 1 heterocycles. The van der Waals surface area contributed by atoms with Crippen LogP contribution in [-0.4, -0.2) is 43.1 Å². The van der Waals surface area contributed by atoms with Gasteiger partial charge in [-0.05, 0) is 24.8 Å². The Kier molecular flexibility index (Phi) is 6.90. The summed E-state index contributed by atoms with van der Waals surface area (Å²) in [5.74, 6) is 1.23. The first-order valence-corrected chi connectivity index (χ1v) is 8.56. The minimum Gasteiger partial charge on any atom is -0.493 e. The Morgan fingerprint density at radius 3 is 2.92 bits per heavy atom. The summed E-state index contributed by atoms with van der Waals surface area (Å²) in [6, 6.07) is 7.54. The maximum Gasteiger partial charge on any atom is 0.317 e. The van der Waals surface area contributed by atoms with E-state index in [4.69, 9.17) is 4.74 Å². The molecule has 24 heavy (non-hydrogen) atoms. The highest BCUT2D eigenvalue weighted by Crippen LogP contribution is 2.18. The molecular weight excluding hydrogens is 306 g/mol. The zero-order valence-electron chi connectivity index (χ0n) is 14.5. The predicted octanol–water partition coefficient (Wildman–Crippen LogP) is 2.14. The molecule has 2 N–H and O–H groups in total. The third kappa shape index (κ3) is 5.76. The lowest BCUT2D eigenvalue weighted by Crippen LogP contribution is -2.50. The van der Waals surface area contributed by atoms with Crippen molar-refractivity contribution in [1.29, 1.82) is 0 Å². The van der Waals surface area contributed by atoms with Gasteiger partial charge in [-0.2, -0.15) is 0 Å². The van der Waals surface area contributed by atoms with Crippen molar-refractivity contribution in [1.82, 2.24) is 15.5 Å². The Bertz CT molecular complexity index is 560. The fourth-order valence-corrected chi connectivity index (χ4v) is 2.45. The van der Waals surface area contributed by atoms with Crippen LogP contribution in [-0.2, 0) is 11.3 Å². The molecule has 1 aromatic rings. The van der Waals surface area contributed by atoms with E-state index in [1.54, 1.807) is 0 Å². The number of rotatable bonds is 8. The monoisotopic (exact) mass is 333 g/mol. The minimum atomic E-state index is -0.172. The van der Waals surface area contributed by atoms with E-state index in [0.29, 0.717) is 32.2 Å². The van der Waals surface area contributed by atoms with Gasteiger partial charge in [0.15, 0.2) is 0 Å². The first-order valence-electron chi connectivity index (χ1n) is 8.56. The Balaban J connectivity index is 1.82. The fraction of sp³-hybridized carbons (Fsp3) is 0.556. The SMILES string of the molecule is CC(C)CCOc1ccccc1CNC(=O)CN1CCCNC1=O. The molecule has 2 rings (SSSR count). The summed E-state index contributed by atoms with van der Waals surface area (Å²) in [6.07, 6.45) is 1.86. The number of nitrogens with one attached hydrogen (secondary N) is 2. The van der Waals surface area contributed by atoms with E-state index in [1.165, 1.54) is 4.90 Å². The molecule has 6 heteroatoms. The molecule has 0 spiro atoms. The second-order valence-electron chi connectivity index (χ2n) is 6.42. The normalized spacial score (nSPS) is 14.5. The average Bonchev–Trinajstić information content (AvgIpc) is 2.56. The van der Waals surface area contributed by atoms with Crippen LogP contribution in [0.1, 0.15) is 32.3 Å². The molecule has 6 nitrogen and oxygen atoms in total. The topological polar surface area (TPSA) is 70.7 Å². The maximum absolute atomic E-state index is 12.1. The molecule has 0 aromatic heterocycles. The highest BCUT2D eigenvalue weighted by molar-refractivity contribution is 5.84. The first-order chi connectivity index (χ1) is 11.6. The van der Waals surface area contributed by atoms with Crippen LogP contribution in [0.2, 0.25) is 0 Å². The summed E-state index contributed by atoms with van der Waals surface area (Å²) in [4.78, 5) is 25.2. The van der Waals surface area contributed by atoms with E-state index >= 15 is 0 Å². The zero-order chi connectivity index (χ0) is 17.4. The van der Waals surface area contributed by atoms with Gasteiger partial charge in [0.2, 0.25) is 5.91 Å². The number of hydrogen-bond donors (Lipinski definition) is 2. The van der Waals surface area contributed by atoms with Crippen LogP contribution in [0, 0.1) is 5.92 Å². The molecular formula is C18H27N3O3. The summed E-state index contributed by atoms with van der Waals surface area (Å²) in [5, 5.41) is 5.61. The van der Waals surface area contributed by atoms with Crippen LogP contribution in [0.25, 0.3) is 0 Å². The van der Waals surface area contributed by atoms with Crippen molar-refractivity contribution >= 4 is 11.9 Å². The lowest BCUT2D eigenvalue weighted by Gasteiger charge is -2.26. The first kappa shape index (κ1) is 18.1. The third-order valence-electron chi connectivity index (χ3n) is 3.90. The number of carbonyl (C=O) groups excluding carboxylic acids is 2. The number of urea groups is 1. The van der Waals surface area contributed by atoms with Crippen molar-refractivity contribution in [2.75, 3.05) is 26.2 Å². The van der Waals surface area contributed by atoms with Gasteiger partial charge in [0.1, 0.15) is 12.3 Å². The number of nitrogens with zero attached hydrogens (tertiary/aromatic N) is 1. The largest absolute Gasteiger partial charge is 0.493 e. The van der Waals surface area contributed by atoms with E-state index in [1.807, 2.05) is 24.3 Å². The van der Waals surface area contributed by atoms with Gasteiger partial charge in [-0.15, -0.1) is 0 Å². The standard InChI is InChI=1S/C18H27N3O3/c1-14(2)8-11-24-16-7-4-3-6-15(16)12-20-17(22)13-21-10-5-9-19-18(21)23/h3-4,6-7,14H,5,8-13H2,1-2H3,(H,19,23)(H,20,22). The van der Waals surface area contributed by atoms with E-state index < -0.39 is 0 Å². The zero-order valence-corrected chi connectivity index (χ0v) is 14.5. The van der Waals surface area contributed by atoms with Crippen molar-refractivity contribution in [3.63, 3.8) is 0 Å². The van der Waals surface area contributed by atoms with Gasteiger partial charge < -0.3 is 20.3 Å². The fourth-order valence-electron chi connectivity index (χ4n) is 2.45. The molecule has 1 aliphatic heterocycles. The van der Waals surface area contributed by atoms with Gasteiger partial charge in [0, 0.05) is 25.2 Å². The molecule has 1 fully saturated rings.